The zero-order valence-corrected chi connectivity index (χ0v) is 20.1. The Labute approximate surface area is 214 Å². The maximum Gasteiger partial charge on any atom is 0.343 e. The molecule has 2 atom stereocenters. The van der Waals surface area contributed by atoms with Crippen molar-refractivity contribution in [2.45, 2.75) is 18.8 Å². The summed E-state index contributed by atoms with van der Waals surface area (Å²) >= 11 is 0. The average molecular weight is 486 g/mol. The second kappa shape index (κ2) is 7.74. The van der Waals surface area contributed by atoms with Gasteiger partial charge in [0, 0.05) is 17.9 Å². The number of carbonyl (C=O) groups is 3. The topological polar surface area (TPSA) is 63.7 Å². The van der Waals surface area contributed by atoms with Crippen LogP contribution in [0.5, 0.6) is 5.75 Å². The van der Waals surface area contributed by atoms with Crippen LogP contribution in [-0.2, 0) is 9.59 Å². The summed E-state index contributed by atoms with van der Waals surface area (Å²) in [4.78, 5) is 42.3. The average Bonchev–Trinajstić information content (AvgIpc) is 3.14. The Balaban J connectivity index is 1.30. The number of rotatable bonds is 3. The molecule has 5 heteroatoms. The molecular weight excluding hydrogens is 462 g/mol. The molecule has 4 aromatic rings. The first-order valence-electron chi connectivity index (χ1n) is 12.4. The Morgan fingerprint density at radius 1 is 0.757 bits per heavy atom. The van der Waals surface area contributed by atoms with Crippen molar-refractivity contribution in [3.8, 4) is 5.75 Å². The molecule has 1 saturated heterocycles. The molecule has 0 N–H and O–H groups in total. The van der Waals surface area contributed by atoms with Crippen LogP contribution < -0.4 is 9.64 Å². The van der Waals surface area contributed by atoms with E-state index in [2.05, 4.69) is 24.3 Å². The lowest BCUT2D eigenvalue weighted by atomic mass is 9.48. The molecule has 37 heavy (non-hydrogen) atoms. The van der Waals surface area contributed by atoms with Crippen LogP contribution in [0.2, 0.25) is 0 Å². The maximum absolute atomic E-state index is 14.2. The number of anilines is 1. The molecule has 5 nitrogen and oxygen atoms in total. The Morgan fingerprint density at radius 2 is 1.35 bits per heavy atom. The molecule has 0 aromatic heterocycles. The number of ether oxygens (including phenoxy) is 1. The summed E-state index contributed by atoms with van der Waals surface area (Å²) in [7, 11) is 0. The molecule has 2 amide bonds. The molecule has 1 heterocycles. The highest BCUT2D eigenvalue weighted by molar-refractivity contribution is 6.25. The summed E-state index contributed by atoms with van der Waals surface area (Å²) in [5.74, 6) is -1.56. The Bertz CT molecular complexity index is 1560. The Morgan fingerprint density at radius 3 is 2.00 bits per heavy atom. The normalized spacial score (nSPS) is 24.9. The summed E-state index contributed by atoms with van der Waals surface area (Å²) in [5.41, 5.74) is 4.42. The first-order chi connectivity index (χ1) is 18.0. The van der Waals surface area contributed by atoms with Crippen LogP contribution in [-0.4, -0.2) is 17.8 Å². The summed E-state index contributed by atoms with van der Waals surface area (Å²) in [6, 6.07) is 31.8. The van der Waals surface area contributed by atoms with E-state index in [1.807, 2.05) is 37.3 Å². The van der Waals surface area contributed by atoms with Crippen molar-refractivity contribution in [1.82, 2.24) is 0 Å². The third-order valence-electron chi connectivity index (χ3n) is 8.31. The molecule has 1 aliphatic heterocycles. The largest absolute Gasteiger partial charge is 0.423 e. The van der Waals surface area contributed by atoms with Crippen molar-refractivity contribution in [2.24, 2.45) is 11.3 Å². The predicted molar refractivity (Wildman–Crippen MR) is 139 cm³/mol. The number of hydrogen-bond donors (Lipinski definition) is 0. The third kappa shape index (κ3) is 2.88. The van der Waals surface area contributed by atoms with Gasteiger partial charge in [0.2, 0.25) is 11.8 Å². The molecule has 0 saturated carbocycles. The van der Waals surface area contributed by atoms with Crippen molar-refractivity contribution in [3.63, 3.8) is 0 Å². The number of esters is 1. The zero-order chi connectivity index (χ0) is 25.3. The summed E-state index contributed by atoms with van der Waals surface area (Å²) < 4.78 is 5.58. The minimum absolute atomic E-state index is 0.192. The van der Waals surface area contributed by atoms with Gasteiger partial charge in [-0.3, -0.25) is 9.59 Å². The highest BCUT2D eigenvalue weighted by Crippen LogP contribution is 2.67. The fourth-order valence-corrected chi connectivity index (χ4v) is 6.79. The molecule has 180 valence electrons. The fourth-order valence-electron chi connectivity index (χ4n) is 6.79. The molecule has 4 aliphatic rings. The molecule has 0 unspecified atom stereocenters. The molecule has 2 bridgehead atoms. The van der Waals surface area contributed by atoms with Gasteiger partial charge in [0.15, 0.2) is 0 Å². The lowest BCUT2D eigenvalue weighted by Gasteiger charge is -2.51. The smallest absolute Gasteiger partial charge is 0.343 e. The number of benzene rings is 4. The van der Waals surface area contributed by atoms with Crippen molar-refractivity contribution in [3.05, 3.63) is 131 Å². The van der Waals surface area contributed by atoms with Gasteiger partial charge in [-0.05, 0) is 53.4 Å². The van der Waals surface area contributed by atoms with E-state index >= 15 is 0 Å². The SMILES string of the molecule is C[C@@]12C(=O)N(c3cccc(OC(=O)c4ccccc4)c3)C(=O)[C@H]1C1c3ccccc3C2c2ccccc21. The van der Waals surface area contributed by atoms with E-state index in [-0.39, 0.29) is 29.4 Å². The van der Waals surface area contributed by atoms with Crippen molar-refractivity contribution in [1.29, 1.82) is 0 Å². The first-order valence-corrected chi connectivity index (χ1v) is 12.4. The van der Waals surface area contributed by atoms with Gasteiger partial charge in [0.1, 0.15) is 5.75 Å². The van der Waals surface area contributed by atoms with E-state index in [0.29, 0.717) is 11.3 Å². The van der Waals surface area contributed by atoms with Crippen molar-refractivity contribution >= 4 is 23.5 Å². The third-order valence-corrected chi connectivity index (χ3v) is 8.31. The van der Waals surface area contributed by atoms with Gasteiger partial charge < -0.3 is 4.74 Å². The van der Waals surface area contributed by atoms with E-state index in [4.69, 9.17) is 4.74 Å². The minimum atomic E-state index is -0.915. The standard InChI is InChI=1S/C32H23NO4/c1-32-27-24-16-7-5-14-22(24)26(23-15-6-8-17-25(23)27)28(32)29(34)33(31(32)36)20-12-9-13-21(18-20)37-30(35)19-10-3-2-4-11-19/h2-18,26-28H,1H3/t26?,27?,28-,32+/m1/s1. The predicted octanol–water partition coefficient (Wildman–Crippen LogP) is 5.69. The first kappa shape index (κ1) is 21.7. The molecule has 8 rings (SSSR count). The van der Waals surface area contributed by atoms with Gasteiger partial charge in [-0.15, -0.1) is 0 Å². The van der Waals surface area contributed by atoms with Crippen molar-refractivity contribution in [2.75, 3.05) is 4.90 Å². The number of amides is 2. The molecule has 1 fully saturated rings. The van der Waals surface area contributed by atoms with Crippen LogP contribution in [0.15, 0.2) is 103 Å². The van der Waals surface area contributed by atoms with Gasteiger partial charge >= 0.3 is 5.97 Å². The summed E-state index contributed by atoms with van der Waals surface area (Å²) in [5, 5.41) is 0. The highest BCUT2D eigenvalue weighted by Gasteiger charge is 2.68. The fraction of sp³-hybridized carbons (Fsp3) is 0.156. The second-order valence-electron chi connectivity index (χ2n) is 10.2. The monoisotopic (exact) mass is 485 g/mol. The Kier molecular flexibility index (Phi) is 4.55. The van der Waals surface area contributed by atoms with E-state index in [0.717, 1.165) is 22.3 Å². The van der Waals surface area contributed by atoms with E-state index in [9.17, 15) is 14.4 Å². The molecule has 0 spiro atoms. The summed E-state index contributed by atoms with van der Waals surface area (Å²) in [6.07, 6.45) is 0. The van der Waals surface area contributed by atoms with Crippen LogP contribution in [0.4, 0.5) is 5.69 Å². The van der Waals surface area contributed by atoms with Crippen LogP contribution >= 0.6 is 0 Å². The van der Waals surface area contributed by atoms with Crippen LogP contribution in [0.3, 0.4) is 0 Å². The Hall–Kier alpha value is -4.51. The number of hydrogen-bond acceptors (Lipinski definition) is 4. The van der Waals surface area contributed by atoms with Gasteiger partial charge in [0.25, 0.3) is 0 Å². The van der Waals surface area contributed by atoms with Crippen molar-refractivity contribution < 1.29 is 19.1 Å². The molecular formula is C32H23NO4. The lowest BCUT2D eigenvalue weighted by molar-refractivity contribution is -0.128. The summed E-state index contributed by atoms with van der Waals surface area (Å²) in [6.45, 7) is 1.95. The van der Waals surface area contributed by atoms with Gasteiger partial charge in [-0.1, -0.05) is 72.8 Å². The van der Waals surface area contributed by atoms with Crippen LogP contribution in [0.1, 0.15) is 51.4 Å². The quantitative estimate of drug-likeness (QED) is 0.212. The van der Waals surface area contributed by atoms with Gasteiger partial charge in [0.05, 0.1) is 22.6 Å². The second-order valence-corrected chi connectivity index (χ2v) is 10.2. The van der Waals surface area contributed by atoms with Crippen LogP contribution in [0.25, 0.3) is 0 Å². The lowest BCUT2D eigenvalue weighted by Crippen LogP contribution is -2.49. The van der Waals surface area contributed by atoms with Crippen LogP contribution in [0, 0.1) is 11.3 Å². The molecule has 0 radical (unpaired) electrons. The molecule has 3 aliphatic carbocycles. The van der Waals surface area contributed by atoms with E-state index in [1.54, 1.807) is 48.5 Å². The zero-order valence-electron chi connectivity index (χ0n) is 20.1. The number of carbonyl (C=O) groups excluding carboxylic acids is 3. The van der Waals surface area contributed by atoms with E-state index < -0.39 is 17.3 Å². The minimum Gasteiger partial charge on any atom is -0.423 e. The molecule has 4 aromatic carbocycles. The van der Waals surface area contributed by atoms with E-state index in [1.165, 1.54) is 4.90 Å². The highest BCUT2D eigenvalue weighted by atomic mass is 16.5. The van der Waals surface area contributed by atoms with Gasteiger partial charge in [-0.25, -0.2) is 9.69 Å². The number of nitrogens with zero attached hydrogens (tertiary/aromatic N) is 1. The maximum atomic E-state index is 14.2. The number of imide groups is 1. The van der Waals surface area contributed by atoms with Gasteiger partial charge in [-0.2, -0.15) is 0 Å².